The number of hydrogen-bond donors (Lipinski definition) is 3. The first kappa shape index (κ1) is 10.9. The zero-order valence-electron chi connectivity index (χ0n) is 7.74. The van der Waals surface area contributed by atoms with Crippen molar-refractivity contribution in [2.45, 2.75) is 31.3 Å². The van der Waals surface area contributed by atoms with Crippen LogP contribution in [0.4, 0.5) is 0 Å². The summed E-state index contributed by atoms with van der Waals surface area (Å²) in [6.45, 7) is 1.45. The average molecular weight is 190 g/mol. The lowest BCUT2D eigenvalue weighted by Crippen LogP contribution is -2.49. The highest BCUT2D eigenvalue weighted by Gasteiger charge is 2.40. The van der Waals surface area contributed by atoms with Gasteiger partial charge in [-0.2, -0.15) is 0 Å². The molecule has 0 saturated carbocycles. The first-order valence-corrected chi connectivity index (χ1v) is 4.65. The van der Waals surface area contributed by atoms with Gasteiger partial charge in [0.05, 0.1) is 19.3 Å². The summed E-state index contributed by atoms with van der Waals surface area (Å²) < 4.78 is 10.0. The number of rotatable bonds is 5. The van der Waals surface area contributed by atoms with Gasteiger partial charge in [-0.1, -0.05) is 6.42 Å². The Balaban J connectivity index is 2.24. The minimum atomic E-state index is -1.56. The monoisotopic (exact) mass is 190 g/mol. The van der Waals surface area contributed by atoms with Crippen LogP contribution in [0.25, 0.3) is 0 Å². The second-order valence-corrected chi connectivity index (χ2v) is 3.22. The van der Waals surface area contributed by atoms with Gasteiger partial charge < -0.3 is 26.0 Å². The topological polar surface area (TPSA) is 90.7 Å². The highest BCUT2D eigenvalue weighted by molar-refractivity contribution is 4.75. The van der Waals surface area contributed by atoms with E-state index in [9.17, 15) is 5.11 Å². The summed E-state index contributed by atoms with van der Waals surface area (Å²) in [6, 6.07) is -0.485. The molecular formula is C8H18N2O3. The van der Waals surface area contributed by atoms with Crippen molar-refractivity contribution in [2.75, 3.05) is 19.8 Å². The maximum absolute atomic E-state index is 9.66. The van der Waals surface area contributed by atoms with Gasteiger partial charge in [-0.05, 0) is 19.4 Å². The van der Waals surface area contributed by atoms with Crippen molar-refractivity contribution >= 4 is 0 Å². The minimum absolute atomic E-state index is 0.404. The van der Waals surface area contributed by atoms with Crippen LogP contribution in [0.15, 0.2) is 0 Å². The molecule has 1 fully saturated rings. The number of aliphatic hydroxyl groups is 1. The number of hydrogen-bond acceptors (Lipinski definition) is 5. The Morgan fingerprint density at radius 3 is 2.46 bits per heavy atom. The Kier molecular flexibility index (Phi) is 4.08. The van der Waals surface area contributed by atoms with Gasteiger partial charge in [0, 0.05) is 0 Å². The third-order valence-electron chi connectivity index (χ3n) is 2.14. The lowest BCUT2D eigenvalue weighted by Gasteiger charge is -2.26. The molecule has 0 aliphatic carbocycles. The fourth-order valence-corrected chi connectivity index (χ4v) is 1.32. The van der Waals surface area contributed by atoms with Gasteiger partial charge in [0.2, 0.25) is 0 Å². The molecule has 0 unspecified atom stereocenters. The predicted octanol–water partition coefficient (Wildman–Crippen LogP) is -0.864. The maximum Gasteiger partial charge on any atom is 0.296 e. The van der Waals surface area contributed by atoms with E-state index in [1.165, 1.54) is 0 Å². The Morgan fingerprint density at radius 1 is 1.31 bits per heavy atom. The standard InChI is InChI=1S/C8H18N2O3/c9-4-2-1-3-7(10)8(11)12-5-6-13-8/h7,11H,1-6,9-10H2/t7-/m0/s1. The molecule has 0 amide bonds. The fraction of sp³-hybridized carbons (Fsp3) is 1.00. The molecule has 0 bridgehead atoms. The van der Waals surface area contributed by atoms with Crippen LogP contribution in [0, 0.1) is 0 Å². The quantitative estimate of drug-likeness (QED) is 0.490. The van der Waals surface area contributed by atoms with Gasteiger partial charge in [0.15, 0.2) is 0 Å². The van der Waals surface area contributed by atoms with Crippen LogP contribution in [0.3, 0.4) is 0 Å². The van der Waals surface area contributed by atoms with E-state index in [0.717, 1.165) is 12.8 Å². The van der Waals surface area contributed by atoms with Crippen LogP contribution >= 0.6 is 0 Å². The first-order valence-electron chi connectivity index (χ1n) is 4.65. The minimum Gasteiger partial charge on any atom is -0.342 e. The SMILES string of the molecule is NCCCC[C@H](N)C1(O)OCCO1. The van der Waals surface area contributed by atoms with Gasteiger partial charge in [0.25, 0.3) is 5.97 Å². The first-order chi connectivity index (χ1) is 6.19. The summed E-state index contributed by atoms with van der Waals surface area (Å²) in [5.74, 6) is -1.56. The molecule has 1 heterocycles. The van der Waals surface area contributed by atoms with Crippen molar-refractivity contribution in [1.29, 1.82) is 0 Å². The maximum atomic E-state index is 9.66. The zero-order chi connectivity index (χ0) is 9.73. The second kappa shape index (κ2) is 4.88. The van der Waals surface area contributed by atoms with Crippen LogP contribution in [0.1, 0.15) is 19.3 Å². The molecule has 0 aromatic rings. The van der Waals surface area contributed by atoms with Crippen molar-refractivity contribution in [3.63, 3.8) is 0 Å². The molecule has 78 valence electrons. The molecule has 5 N–H and O–H groups in total. The Hall–Kier alpha value is -0.200. The third-order valence-corrected chi connectivity index (χ3v) is 2.14. The largest absolute Gasteiger partial charge is 0.342 e. The highest BCUT2D eigenvalue weighted by Crippen LogP contribution is 2.21. The highest BCUT2D eigenvalue weighted by atomic mass is 16.8. The summed E-state index contributed by atoms with van der Waals surface area (Å²) in [4.78, 5) is 0. The lowest BCUT2D eigenvalue weighted by atomic mass is 10.1. The number of unbranched alkanes of at least 4 members (excludes halogenated alkanes) is 1. The molecule has 5 nitrogen and oxygen atoms in total. The Morgan fingerprint density at radius 2 is 1.92 bits per heavy atom. The van der Waals surface area contributed by atoms with Crippen LogP contribution in [-0.2, 0) is 9.47 Å². The van der Waals surface area contributed by atoms with Crippen molar-refractivity contribution < 1.29 is 14.6 Å². The van der Waals surface area contributed by atoms with Crippen molar-refractivity contribution in [3.05, 3.63) is 0 Å². The molecule has 0 aromatic heterocycles. The van der Waals surface area contributed by atoms with E-state index in [0.29, 0.717) is 26.2 Å². The van der Waals surface area contributed by atoms with Crippen LogP contribution in [-0.4, -0.2) is 36.9 Å². The van der Waals surface area contributed by atoms with E-state index in [4.69, 9.17) is 20.9 Å². The normalized spacial score (nSPS) is 23.3. The van der Waals surface area contributed by atoms with Gasteiger partial charge in [-0.3, -0.25) is 0 Å². The molecule has 1 saturated heterocycles. The molecule has 0 radical (unpaired) electrons. The molecule has 5 heteroatoms. The van der Waals surface area contributed by atoms with E-state index in [2.05, 4.69) is 0 Å². The van der Waals surface area contributed by atoms with Gasteiger partial charge in [-0.15, -0.1) is 0 Å². The molecule has 0 spiro atoms. The third kappa shape index (κ3) is 2.89. The molecule has 1 aliphatic heterocycles. The smallest absolute Gasteiger partial charge is 0.296 e. The number of nitrogens with two attached hydrogens (primary N) is 2. The van der Waals surface area contributed by atoms with E-state index in [-0.39, 0.29) is 0 Å². The molecule has 1 aliphatic rings. The molecule has 1 rings (SSSR count). The fourth-order valence-electron chi connectivity index (χ4n) is 1.32. The molecule has 13 heavy (non-hydrogen) atoms. The summed E-state index contributed by atoms with van der Waals surface area (Å²) in [5, 5.41) is 9.66. The summed E-state index contributed by atoms with van der Waals surface area (Å²) in [7, 11) is 0. The molecule has 0 aromatic carbocycles. The number of ether oxygens (including phenoxy) is 2. The van der Waals surface area contributed by atoms with Gasteiger partial charge in [0.1, 0.15) is 0 Å². The zero-order valence-corrected chi connectivity index (χ0v) is 7.74. The van der Waals surface area contributed by atoms with Gasteiger partial charge >= 0.3 is 0 Å². The van der Waals surface area contributed by atoms with Crippen molar-refractivity contribution in [1.82, 2.24) is 0 Å². The Labute approximate surface area is 78.0 Å². The second-order valence-electron chi connectivity index (χ2n) is 3.22. The van der Waals surface area contributed by atoms with E-state index < -0.39 is 12.0 Å². The van der Waals surface area contributed by atoms with Crippen LogP contribution < -0.4 is 11.5 Å². The van der Waals surface area contributed by atoms with Crippen LogP contribution in [0.2, 0.25) is 0 Å². The predicted molar refractivity (Wildman–Crippen MR) is 47.7 cm³/mol. The van der Waals surface area contributed by atoms with E-state index >= 15 is 0 Å². The van der Waals surface area contributed by atoms with Gasteiger partial charge in [-0.25, -0.2) is 0 Å². The molecule has 1 atom stereocenters. The van der Waals surface area contributed by atoms with Crippen LogP contribution in [0.5, 0.6) is 0 Å². The summed E-state index contributed by atoms with van der Waals surface area (Å²) in [5.41, 5.74) is 11.0. The lowest BCUT2D eigenvalue weighted by molar-refractivity contribution is -0.317. The summed E-state index contributed by atoms with van der Waals surface area (Å²) >= 11 is 0. The average Bonchev–Trinajstić information content (AvgIpc) is 2.54. The van der Waals surface area contributed by atoms with E-state index in [1.54, 1.807) is 0 Å². The van der Waals surface area contributed by atoms with Crippen molar-refractivity contribution in [2.24, 2.45) is 11.5 Å². The Bertz CT molecular complexity index is 148. The summed E-state index contributed by atoms with van der Waals surface area (Å²) in [6.07, 6.45) is 2.45. The van der Waals surface area contributed by atoms with Crippen molar-refractivity contribution in [3.8, 4) is 0 Å². The molecular weight excluding hydrogens is 172 g/mol. The van der Waals surface area contributed by atoms with E-state index in [1.807, 2.05) is 0 Å².